The summed E-state index contributed by atoms with van der Waals surface area (Å²) in [6.45, 7) is 6.26. The quantitative estimate of drug-likeness (QED) is 0.544. The third-order valence-corrected chi connectivity index (χ3v) is 7.77. The number of nitrogens with zero attached hydrogens (tertiary/aromatic N) is 1. The molecule has 4 atom stereocenters. The van der Waals surface area contributed by atoms with Crippen LogP contribution in [0.15, 0.2) is 48.5 Å². The maximum atomic E-state index is 13.5. The smallest absolute Gasteiger partial charge is 0.237 e. The van der Waals surface area contributed by atoms with E-state index in [1.54, 1.807) is 30.3 Å². The average Bonchev–Trinajstić information content (AvgIpc) is 3.06. The lowest BCUT2D eigenvalue weighted by Crippen LogP contribution is -2.46. The molecule has 4 unspecified atom stereocenters. The topological polar surface area (TPSA) is 99.1 Å². The van der Waals surface area contributed by atoms with E-state index >= 15 is 0 Å². The van der Waals surface area contributed by atoms with Gasteiger partial charge in [-0.05, 0) is 47.2 Å². The normalized spacial score (nSPS) is 24.7. The number of nitriles is 1. The van der Waals surface area contributed by atoms with Crippen molar-refractivity contribution in [3.05, 3.63) is 69.7 Å². The Morgan fingerprint density at radius 2 is 1.80 bits per heavy atom. The first-order valence-corrected chi connectivity index (χ1v) is 14.2. The molecule has 2 aromatic rings. The van der Waals surface area contributed by atoms with E-state index in [1.165, 1.54) is 0 Å². The zero-order chi connectivity index (χ0) is 26.0. The Hall–Kier alpha value is -2.11. The first kappa shape index (κ1) is 27.5. The van der Waals surface area contributed by atoms with Gasteiger partial charge in [-0.1, -0.05) is 68.2 Å². The van der Waals surface area contributed by atoms with Crippen molar-refractivity contribution in [1.29, 1.82) is 5.26 Å². The van der Waals surface area contributed by atoms with Gasteiger partial charge in [-0.2, -0.15) is 5.26 Å². The summed E-state index contributed by atoms with van der Waals surface area (Å²) < 4.78 is 23.2. The van der Waals surface area contributed by atoms with Crippen molar-refractivity contribution in [2.24, 2.45) is 5.41 Å². The largest absolute Gasteiger partial charge is 0.354 e. The van der Waals surface area contributed by atoms with E-state index in [-0.39, 0.29) is 29.7 Å². The molecule has 0 aliphatic carbocycles. The second-order valence-corrected chi connectivity index (χ2v) is 13.5. The molecule has 1 fully saturated rings. The standard InChI is InChI=1S/C26H31Cl2N3O3S/c1-25(2,3)15-21-26(16-29,18-8-10-19(27)11-9-18)22(17-6-5-7-20(28)14-17)23(31-21)24(32)30-12-13-35(4,33)34/h5-11,14,21-23,31H,12-13,15H2,1-4H3,(H,30,32). The molecule has 1 amide bonds. The molecule has 0 aromatic heterocycles. The van der Waals surface area contributed by atoms with Gasteiger partial charge < -0.3 is 10.6 Å². The number of nitrogens with one attached hydrogen (secondary N) is 2. The summed E-state index contributed by atoms with van der Waals surface area (Å²) in [5.74, 6) is -1.11. The Balaban J connectivity index is 2.17. The summed E-state index contributed by atoms with van der Waals surface area (Å²) >= 11 is 12.5. The predicted molar refractivity (Wildman–Crippen MR) is 140 cm³/mol. The van der Waals surface area contributed by atoms with E-state index in [4.69, 9.17) is 23.2 Å². The number of hydrogen-bond donors (Lipinski definition) is 2. The van der Waals surface area contributed by atoms with Crippen molar-refractivity contribution < 1.29 is 13.2 Å². The summed E-state index contributed by atoms with van der Waals surface area (Å²) in [5.41, 5.74) is 0.248. The molecule has 3 rings (SSSR count). The minimum atomic E-state index is -3.24. The molecule has 0 spiro atoms. The van der Waals surface area contributed by atoms with Crippen molar-refractivity contribution >= 4 is 38.9 Å². The summed E-state index contributed by atoms with van der Waals surface area (Å²) in [4.78, 5) is 13.5. The van der Waals surface area contributed by atoms with Crippen LogP contribution in [0.4, 0.5) is 0 Å². The molecule has 2 N–H and O–H groups in total. The van der Waals surface area contributed by atoms with Crippen molar-refractivity contribution in [2.45, 2.75) is 50.6 Å². The minimum Gasteiger partial charge on any atom is -0.354 e. The van der Waals surface area contributed by atoms with E-state index in [2.05, 4.69) is 37.5 Å². The number of rotatable bonds is 7. The number of hydrogen-bond acceptors (Lipinski definition) is 5. The van der Waals surface area contributed by atoms with Gasteiger partial charge >= 0.3 is 0 Å². The highest BCUT2D eigenvalue weighted by Gasteiger charge is 2.59. The number of sulfone groups is 1. The van der Waals surface area contributed by atoms with E-state index in [1.807, 2.05) is 18.2 Å². The number of carbonyl (C=O) groups excluding carboxylic acids is 1. The number of halogens is 2. The highest BCUT2D eigenvalue weighted by Crippen LogP contribution is 2.51. The van der Waals surface area contributed by atoms with Gasteiger partial charge in [0.2, 0.25) is 5.91 Å². The third kappa shape index (κ3) is 6.37. The molecule has 1 aliphatic rings. The SMILES string of the molecule is CC(C)(C)CC1NC(C(=O)NCCS(C)(=O)=O)C(c2cccc(Cl)c2)C1(C#N)c1ccc(Cl)cc1. The number of amides is 1. The van der Waals surface area contributed by atoms with Crippen LogP contribution < -0.4 is 10.6 Å². The van der Waals surface area contributed by atoms with E-state index in [9.17, 15) is 18.5 Å². The highest BCUT2D eigenvalue weighted by molar-refractivity contribution is 7.90. The van der Waals surface area contributed by atoms with Gasteiger partial charge in [-0.25, -0.2) is 8.42 Å². The van der Waals surface area contributed by atoms with Gasteiger partial charge in [-0.15, -0.1) is 0 Å². The monoisotopic (exact) mass is 535 g/mol. The Morgan fingerprint density at radius 3 is 2.34 bits per heavy atom. The van der Waals surface area contributed by atoms with Crippen LogP contribution in [0, 0.1) is 16.7 Å². The molecular weight excluding hydrogens is 505 g/mol. The molecule has 6 nitrogen and oxygen atoms in total. The predicted octanol–water partition coefficient (Wildman–Crippen LogP) is 4.48. The fourth-order valence-electron chi connectivity index (χ4n) is 4.93. The molecule has 9 heteroatoms. The lowest BCUT2D eigenvalue weighted by molar-refractivity contribution is -0.123. The highest BCUT2D eigenvalue weighted by atomic mass is 35.5. The Bertz CT molecular complexity index is 1220. The van der Waals surface area contributed by atoms with Crippen LogP contribution in [0.3, 0.4) is 0 Å². The molecule has 35 heavy (non-hydrogen) atoms. The summed E-state index contributed by atoms with van der Waals surface area (Å²) in [5, 5.41) is 18.1. The van der Waals surface area contributed by atoms with Gasteiger partial charge in [-0.3, -0.25) is 4.79 Å². The fraction of sp³-hybridized carbons (Fsp3) is 0.462. The first-order chi connectivity index (χ1) is 16.3. The van der Waals surface area contributed by atoms with Crippen molar-refractivity contribution in [3.8, 4) is 6.07 Å². The van der Waals surface area contributed by atoms with Crippen LogP contribution in [0.5, 0.6) is 0 Å². The van der Waals surface area contributed by atoms with Crippen LogP contribution in [0.2, 0.25) is 10.0 Å². The van der Waals surface area contributed by atoms with Crippen molar-refractivity contribution in [3.63, 3.8) is 0 Å². The zero-order valence-corrected chi connectivity index (χ0v) is 22.6. The average molecular weight is 537 g/mol. The Labute approximate surface area is 217 Å². The van der Waals surface area contributed by atoms with Gasteiger partial charge in [0.1, 0.15) is 15.3 Å². The molecule has 1 aliphatic heterocycles. The molecule has 1 saturated heterocycles. The van der Waals surface area contributed by atoms with Crippen LogP contribution >= 0.6 is 23.2 Å². The molecule has 0 bridgehead atoms. The second-order valence-electron chi connectivity index (χ2n) is 10.4. The molecule has 1 heterocycles. The number of benzene rings is 2. The van der Waals surface area contributed by atoms with E-state index in [0.717, 1.165) is 17.4 Å². The van der Waals surface area contributed by atoms with Gasteiger partial charge in [0, 0.05) is 34.8 Å². The summed E-state index contributed by atoms with van der Waals surface area (Å²) in [6, 6.07) is 15.8. The lowest BCUT2D eigenvalue weighted by Gasteiger charge is -2.37. The molecule has 0 saturated carbocycles. The maximum Gasteiger partial charge on any atom is 0.237 e. The second kappa shape index (κ2) is 10.5. The van der Waals surface area contributed by atoms with Gasteiger partial charge in [0.15, 0.2) is 0 Å². The van der Waals surface area contributed by atoms with Gasteiger partial charge in [0.05, 0.1) is 17.9 Å². The first-order valence-electron chi connectivity index (χ1n) is 11.4. The lowest BCUT2D eigenvalue weighted by atomic mass is 9.63. The molecular formula is C26H31Cl2N3O3S. The third-order valence-electron chi connectivity index (χ3n) is 6.34. The maximum absolute atomic E-state index is 13.5. The number of carbonyl (C=O) groups is 1. The summed E-state index contributed by atoms with van der Waals surface area (Å²) in [7, 11) is -3.24. The molecule has 188 valence electrons. The van der Waals surface area contributed by atoms with Crippen molar-refractivity contribution in [1.82, 2.24) is 10.6 Å². The van der Waals surface area contributed by atoms with Crippen LogP contribution in [-0.4, -0.2) is 45.0 Å². The van der Waals surface area contributed by atoms with Crippen molar-refractivity contribution in [2.75, 3.05) is 18.6 Å². The Morgan fingerprint density at radius 1 is 1.14 bits per heavy atom. The fourth-order valence-corrected chi connectivity index (χ4v) is 5.72. The van der Waals surface area contributed by atoms with E-state index < -0.39 is 27.2 Å². The summed E-state index contributed by atoms with van der Waals surface area (Å²) in [6.07, 6.45) is 1.75. The van der Waals surface area contributed by atoms with Crippen LogP contribution in [-0.2, 0) is 20.0 Å². The van der Waals surface area contributed by atoms with Crippen LogP contribution in [0.1, 0.15) is 44.2 Å². The minimum absolute atomic E-state index is 0.0114. The Kier molecular flexibility index (Phi) is 8.23. The molecule has 2 aromatic carbocycles. The zero-order valence-electron chi connectivity index (χ0n) is 20.3. The van der Waals surface area contributed by atoms with E-state index in [0.29, 0.717) is 16.5 Å². The van der Waals surface area contributed by atoms with Crippen LogP contribution in [0.25, 0.3) is 0 Å². The molecule has 0 radical (unpaired) electrons. The van der Waals surface area contributed by atoms with Gasteiger partial charge in [0.25, 0.3) is 0 Å².